The van der Waals surface area contributed by atoms with E-state index < -0.39 is 11.5 Å². The molecule has 1 aromatic carbocycles. The largest absolute Gasteiger partial charge is 0.345 e. The van der Waals surface area contributed by atoms with E-state index in [1.165, 1.54) is 34.1 Å². The number of amides is 1. The Morgan fingerprint density at radius 1 is 1.36 bits per heavy atom. The molecule has 0 aliphatic rings. The van der Waals surface area contributed by atoms with Crippen molar-refractivity contribution in [3.63, 3.8) is 0 Å². The van der Waals surface area contributed by atoms with Crippen LogP contribution in [0.4, 0.5) is 4.39 Å². The molecule has 2 heterocycles. The van der Waals surface area contributed by atoms with Crippen LogP contribution in [0.25, 0.3) is 4.96 Å². The number of benzene rings is 1. The van der Waals surface area contributed by atoms with Crippen LogP contribution in [-0.2, 0) is 0 Å². The zero-order valence-corrected chi connectivity index (χ0v) is 12.4. The van der Waals surface area contributed by atoms with Gasteiger partial charge in [0.2, 0.25) is 0 Å². The van der Waals surface area contributed by atoms with Crippen molar-refractivity contribution in [2.75, 3.05) is 0 Å². The molecule has 1 atom stereocenters. The van der Waals surface area contributed by atoms with Gasteiger partial charge in [-0.05, 0) is 24.6 Å². The first-order chi connectivity index (χ1) is 10.6. The van der Waals surface area contributed by atoms with Gasteiger partial charge in [0.15, 0.2) is 4.96 Å². The summed E-state index contributed by atoms with van der Waals surface area (Å²) < 4.78 is 14.2. The first-order valence-corrected chi connectivity index (χ1v) is 7.45. The molecular weight excluding hydrogens is 305 g/mol. The van der Waals surface area contributed by atoms with Crippen molar-refractivity contribution >= 4 is 22.2 Å². The second-order valence-corrected chi connectivity index (χ2v) is 5.65. The third-order valence-electron chi connectivity index (χ3n) is 3.30. The third-order valence-corrected chi connectivity index (χ3v) is 4.08. The summed E-state index contributed by atoms with van der Waals surface area (Å²) in [6.45, 7) is 1.76. The Balaban J connectivity index is 1.85. The molecule has 7 heteroatoms. The molecule has 0 saturated heterocycles. The number of rotatable bonds is 3. The lowest BCUT2D eigenvalue weighted by atomic mass is 10.1. The van der Waals surface area contributed by atoms with E-state index in [0.29, 0.717) is 4.96 Å². The summed E-state index contributed by atoms with van der Waals surface area (Å²) in [6.07, 6.45) is 2.86. The molecule has 22 heavy (non-hydrogen) atoms. The minimum atomic E-state index is -0.505. The molecule has 3 rings (SSSR count). The second kappa shape index (κ2) is 5.69. The normalized spacial score (nSPS) is 12.3. The van der Waals surface area contributed by atoms with Gasteiger partial charge in [0.25, 0.3) is 11.5 Å². The second-order valence-electron chi connectivity index (χ2n) is 4.78. The van der Waals surface area contributed by atoms with Gasteiger partial charge >= 0.3 is 0 Å². The van der Waals surface area contributed by atoms with Crippen LogP contribution in [0.5, 0.6) is 0 Å². The summed E-state index contributed by atoms with van der Waals surface area (Å²) in [6, 6.07) is 5.48. The van der Waals surface area contributed by atoms with Crippen molar-refractivity contribution in [1.82, 2.24) is 14.7 Å². The summed E-state index contributed by atoms with van der Waals surface area (Å²) in [4.78, 5) is 29.1. The predicted octanol–water partition coefficient (Wildman–Crippen LogP) is 2.39. The highest BCUT2D eigenvalue weighted by molar-refractivity contribution is 7.15. The first-order valence-electron chi connectivity index (χ1n) is 6.57. The number of carbonyl (C=O) groups is 1. The number of carbonyl (C=O) groups excluding carboxylic acids is 1. The van der Waals surface area contributed by atoms with Gasteiger partial charge in [0, 0.05) is 17.8 Å². The van der Waals surface area contributed by atoms with E-state index in [1.807, 2.05) is 0 Å². The quantitative estimate of drug-likeness (QED) is 0.807. The Morgan fingerprint density at radius 2 is 2.09 bits per heavy atom. The maximum absolute atomic E-state index is 12.9. The lowest BCUT2D eigenvalue weighted by molar-refractivity contribution is 0.0938. The molecular formula is C15H12FN3O2S. The fourth-order valence-electron chi connectivity index (χ4n) is 2.09. The molecule has 3 aromatic rings. The van der Waals surface area contributed by atoms with Gasteiger partial charge in [-0.3, -0.25) is 14.0 Å². The number of thiazole rings is 1. The standard InChI is InChI=1S/C15H12FN3O2S/c1-9(10-2-4-11(16)5-3-10)18-13(20)12-8-17-15-19(14(12)21)6-7-22-15/h2-9H,1H3,(H,18,20)/t9-/m1/s1. The van der Waals surface area contributed by atoms with Gasteiger partial charge in [-0.15, -0.1) is 11.3 Å². The molecule has 0 radical (unpaired) electrons. The first kappa shape index (κ1) is 14.4. The lowest BCUT2D eigenvalue weighted by Gasteiger charge is -2.14. The highest BCUT2D eigenvalue weighted by Gasteiger charge is 2.16. The van der Waals surface area contributed by atoms with E-state index in [2.05, 4.69) is 10.3 Å². The molecule has 0 aliphatic heterocycles. The smallest absolute Gasteiger partial charge is 0.271 e. The Hall–Kier alpha value is -2.54. The summed E-state index contributed by atoms with van der Waals surface area (Å²) in [5.74, 6) is -0.845. The summed E-state index contributed by atoms with van der Waals surface area (Å²) in [5, 5.41) is 4.45. The van der Waals surface area contributed by atoms with Gasteiger partial charge in [-0.1, -0.05) is 12.1 Å². The van der Waals surface area contributed by atoms with Gasteiger partial charge in [0.1, 0.15) is 11.4 Å². The summed E-state index contributed by atoms with van der Waals surface area (Å²) >= 11 is 1.32. The highest BCUT2D eigenvalue weighted by atomic mass is 32.1. The van der Waals surface area contributed by atoms with Crippen molar-refractivity contribution in [2.24, 2.45) is 0 Å². The predicted molar refractivity (Wildman–Crippen MR) is 81.6 cm³/mol. The molecule has 1 N–H and O–H groups in total. The minimum absolute atomic E-state index is 0.0233. The van der Waals surface area contributed by atoms with Crippen LogP contribution in [0, 0.1) is 5.82 Å². The number of hydrogen-bond acceptors (Lipinski definition) is 4. The lowest BCUT2D eigenvalue weighted by Crippen LogP contribution is -2.32. The summed E-state index contributed by atoms with van der Waals surface area (Å²) in [7, 11) is 0. The van der Waals surface area contributed by atoms with Crippen LogP contribution in [0.15, 0.2) is 46.8 Å². The monoisotopic (exact) mass is 317 g/mol. The van der Waals surface area contributed by atoms with E-state index in [9.17, 15) is 14.0 Å². The zero-order valence-electron chi connectivity index (χ0n) is 11.6. The molecule has 112 valence electrons. The highest BCUT2D eigenvalue weighted by Crippen LogP contribution is 2.13. The maximum Gasteiger partial charge on any atom is 0.271 e. The van der Waals surface area contributed by atoms with E-state index >= 15 is 0 Å². The fourth-order valence-corrected chi connectivity index (χ4v) is 2.76. The fraction of sp³-hybridized carbons (Fsp3) is 0.133. The van der Waals surface area contributed by atoms with Crippen LogP contribution in [-0.4, -0.2) is 15.3 Å². The van der Waals surface area contributed by atoms with Crippen molar-refractivity contribution < 1.29 is 9.18 Å². The van der Waals surface area contributed by atoms with Crippen LogP contribution < -0.4 is 10.9 Å². The molecule has 2 aromatic heterocycles. The Morgan fingerprint density at radius 3 is 2.82 bits per heavy atom. The number of aromatic nitrogens is 2. The van der Waals surface area contributed by atoms with Crippen molar-refractivity contribution in [1.29, 1.82) is 0 Å². The van der Waals surface area contributed by atoms with Crippen LogP contribution in [0.1, 0.15) is 28.9 Å². The number of halogens is 1. The van der Waals surface area contributed by atoms with Crippen LogP contribution in [0.2, 0.25) is 0 Å². The molecule has 1 amide bonds. The molecule has 0 aliphatic carbocycles. The number of fused-ring (bicyclic) bond motifs is 1. The Kier molecular flexibility index (Phi) is 3.72. The van der Waals surface area contributed by atoms with Gasteiger partial charge in [-0.2, -0.15) is 0 Å². The molecule has 0 fully saturated rings. The molecule has 0 saturated carbocycles. The van der Waals surface area contributed by atoms with Crippen molar-refractivity contribution in [3.05, 3.63) is 69.3 Å². The molecule has 0 spiro atoms. The number of hydrogen-bond donors (Lipinski definition) is 1. The SMILES string of the molecule is C[C@@H](NC(=O)c1cnc2sccn2c1=O)c1ccc(F)cc1. The average Bonchev–Trinajstić information content (AvgIpc) is 2.97. The van der Waals surface area contributed by atoms with E-state index in [4.69, 9.17) is 0 Å². The maximum atomic E-state index is 12.9. The van der Waals surface area contributed by atoms with Crippen LogP contribution >= 0.6 is 11.3 Å². The Labute approximate surface area is 129 Å². The third kappa shape index (κ3) is 2.62. The minimum Gasteiger partial charge on any atom is -0.345 e. The molecule has 0 bridgehead atoms. The van der Waals surface area contributed by atoms with Crippen LogP contribution in [0.3, 0.4) is 0 Å². The van der Waals surface area contributed by atoms with Gasteiger partial charge in [0.05, 0.1) is 6.04 Å². The van der Waals surface area contributed by atoms with E-state index in [1.54, 1.807) is 30.6 Å². The van der Waals surface area contributed by atoms with E-state index in [0.717, 1.165) is 5.56 Å². The number of nitrogens with one attached hydrogen (secondary N) is 1. The zero-order chi connectivity index (χ0) is 15.7. The average molecular weight is 317 g/mol. The Bertz CT molecular complexity index is 886. The van der Waals surface area contributed by atoms with E-state index in [-0.39, 0.29) is 17.4 Å². The molecule has 5 nitrogen and oxygen atoms in total. The number of nitrogens with zero attached hydrogens (tertiary/aromatic N) is 2. The van der Waals surface area contributed by atoms with Crippen molar-refractivity contribution in [2.45, 2.75) is 13.0 Å². The van der Waals surface area contributed by atoms with Crippen molar-refractivity contribution in [3.8, 4) is 0 Å². The molecule has 0 unspecified atom stereocenters. The topological polar surface area (TPSA) is 63.5 Å². The summed E-state index contributed by atoms with van der Waals surface area (Å²) in [5.41, 5.74) is 0.319. The van der Waals surface area contributed by atoms with Gasteiger partial charge in [-0.25, -0.2) is 9.37 Å². The van der Waals surface area contributed by atoms with Gasteiger partial charge < -0.3 is 5.32 Å².